The number of aromatic nitrogens is 2. The molecular formula is C22H18N4O2S. The number of pyridine rings is 2. The van der Waals surface area contributed by atoms with Gasteiger partial charge < -0.3 is 10.5 Å². The van der Waals surface area contributed by atoms with Crippen molar-refractivity contribution in [3.8, 4) is 5.88 Å². The van der Waals surface area contributed by atoms with Gasteiger partial charge in [-0.3, -0.25) is 9.88 Å². The van der Waals surface area contributed by atoms with Gasteiger partial charge in [0.15, 0.2) is 0 Å². The summed E-state index contributed by atoms with van der Waals surface area (Å²) in [5, 5.41) is 0.886. The molecule has 4 aromatic rings. The van der Waals surface area contributed by atoms with Gasteiger partial charge in [0.2, 0.25) is 5.88 Å². The molecule has 0 aliphatic rings. The molecule has 0 atom stereocenters. The van der Waals surface area contributed by atoms with Gasteiger partial charge in [-0.2, -0.15) is 0 Å². The molecule has 4 rings (SSSR count). The summed E-state index contributed by atoms with van der Waals surface area (Å²) in [6.07, 6.45) is 3.49. The fourth-order valence-corrected chi connectivity index (χ4v) is 3.87. The van der Waals surface area contributed by atoms with Crippen LogP contribution in [-0.4, -0.2) is 23.1 Å². The van der Waals surface area contributed by atoms with Crippen molar-refractivity contribution in [2.75, 3.05) is 12.0 Å². The minimum atomic E-state index is -0.619. The number of carbonyl (C=O) groups is 1. The quantitative estimate of drug-likeness (QED) is 0.508. The van der Waals surface area contributed by atoms with E-state index in [0.29, 0.717) is 17.3 Å². The van der Waals surface area contributed by atoms with Gasteiger partial charge in [0, 0.05) is 27.6 Å². The first-order valence-electron chi connectivity index (χ1n) is 8.87. The Morgan fingerprint density at radius 1 is 1.00 bits per heavy atom. The second kappa shape index (κ2) is 8.20. The Labute approximate surface area is 172 Å². The van der Waals surface area contributed by atoms with Crippen LogP contribution in [0.15, 0.2) is 88.9 Å². The number of nitrogens with two attached hydrogens (primary N) is 1. The summed E-state index contributed by atoms with van der Waals surface area (Å²) in [6, 6.07) is 20.3. The third-order valence-electron chi connectivity index (χ3n) is 4.29. The molecule has 144 valence electrons. The molecule has 0 radical (unpaired) electrons. The molecule has 2 amide bonds. The third-order valence-corrected chi connectivity index (χ3v) is 5.28. The minimum absolute atomic E-state index is 0.328. The molecule has 0 saturated carbocycles. The van der Waals surface area contributed by atoms with Crippen molar-refractivity contribution in [1.29, 1.82) is 0 Å². The highest BCUT2D eigenvalue weighted by atomic mass is 32.2. The molecule has 6 nitrogen and oxygen atoms in total. The van der Waals surface area contributed by atoms with Crippen molar-refractivity contribution in [2.45, 2.75) is 9.79 Å². The molecule has 7 heteroatoms. The number of benzene rings is 2. The smallest absolute Gasteiger partial charge is 0.324 e. The largest absolute Gasteiger partial charge is 0.479 e. The normalized spacial score (nSPS) is 10.7. The maximum atomic E-state index is 12.4. The van der Waals surface area contributed by atoms with Crippen LogP contribution >= 0.6 is 11.8 Å². The first kappa shape index (κ1) is 18.8. The number of ether oxygens (including phenoxy) is 1. The van der Waals surface area contributed by atoms with E-state index in [-0.39, 0.29) is 0 Å². The predicted molar refractivity (Wildman–Crippen MR) is 115 cm³/mol. The van der Waals surface area contributed by atoms with Crippen LogP contribution in [0.4, 0.5) is 16.2 Å². The van der Waals surface area contributed by atoms with Crippen LogP contribution in [-0.2, 0) is 0 Å². The third kappa shape index (κ3) is 4.00. The Morgan fingerprint density at radius 2 is 1.79 bits per heavy atom. The summed E-state index contributed by atoms with van der Waals surface area (Å²) < 4.78 is 5.46. The maximum absolute atomic E-state index is 12.4. The number of amides is 2. The summed E-state index contributed by atoms with van der Waals surface area (Å²) in [4.78, 5) is 24.4. The lowest BCUT2D eigenvalue weighted by Gasteiger charge is -2.23. The molecule has 0 spiro atoms. The van der Waals surface area contributed by atoms with Crippen LogP contribution in [0.3, 0.4) is 0 Å². The molecule has 0 aliphatic carbocycles. The van der Waals surface area contributed by atoms with Crippen LogP contribution < -0.4 is 15.4 Å². The van der Waals surface area contributed by atoms with E-state index in [1.54, 1.807) is 24.2 Å². The van der Waals surface area contributed by atoms with Gasteiger partial charge in [-0.15, -0.1) is 0 Å². The number of carbonyl (C=O) groups excluding carboxylic acids is 1. The second-order valence-electron chi connectivity index (χ2n) is 6.17. The summed E-state index contributed by atoms with van der Waals surface area (Å²) in [5.74, 6) is 0.328. The average molecular weight is 402 g/mol. The molecule has 0 aliphatic heterocycles. The van der Waals surface area contributed by atoms with Crippen molar-refractivity contribution in [1.82, 2.24) is 9.97 Å². The second-order valence-corrected chi connectivity index (χ2v) is 7.31. The highest BCUT2D eigenvalue weighted by Crippen LogP contribution is 2.37. The van der Waals surface area contributed by atoms with Gasteiger partial charge in [-0.25, -0.2) is 9.78 Å². The Balaban J connectivity index is 1.78. The highest BCUT2D eigenvalue weighted by Gasteiger charge is 2.21. The van der Waals surface area contributed by atoms with Crippen LogP contribution in [0.1, 0.15) is 0 Å². The molecule has 2 aromatic carbocycles. The zero-order valence-corrected chi connectivity index (χ0v) is 16.5. The van der Waals surface area contributed by atoms with Gasteiger partial charge in [0.1, 0.15) is 5.69 Å². The molecule has 0 bridgehead atoms. The van der Waals surface area contributed by atoms with Crippen LogP contribution in [0, 0.1) is 0 Å². The van der Waals surface area contributed by atoms with Crippen molar-refractivity contribution in [3.05, 3.63) is 79.1 Å². The molecule has 29 heavy (non-hydrogen) atoms. The number of urea groups is 1. The predicted octanol–water partition coefficient (Wildman–Crippen LogP) is 5.01. The number of primary amides is 1. The number of para-hydroxylation sites is 1. The lowest BCUT2D eigenvalue weighted by atomic mass is 10.2. The Kier molecular flexibility index (Phi) is 5.31. The molecule has 2 heterocycles. The van der Waals surface area contributed by atoms with Gasteiger partial charge in [-0.1, -0.05) is 36.0 Å². The van der Waals surface area contributed by atoms with Crippen LogP contribution in [0.2, 0.25) is 0 Å². The van der Waals surface area contributed by atoms with Gasteiger partial charge in [0.25, 0.3) is 0 Å². The Bertz CT molecular complexity index is 1170. The van der Waals surface area contributed by atoms with E-state index >= 15 is 0 Å². The Morgan fingerprint density at radius 3 is 2.55 bits per heavy atom. The molecular weight excluding hydrogens is 384 g/mol. The number of nitrogens with zero attached hydrogens (tertiary/aromatic N) is 3. The van der Waals surface area contributed by atoms with E-state index < -0.39 is 6.03 Å². The summed E-state index contributed by atoms with van der Waals surface area (Å²) in [7, 11) is 1.52. The first-order valence-corrected chi connectivity index (χ1v) is 9.68. The van der Waals surface area contributed by atoms with Crippen LogP contribution in [0.5, 0.6) is 5.88 Å². The van der Waals surface area contributed by atoms with E-state index in [4.69, 9.17) is 10.5 Å². The molecule has 0 saturated heterocycles. The molecule has 2 aromatic heterocycles. The zero-order chi connectivity index (χ0) is 20.2. The minimum Gasteiger partial charge on any atom is -0.479 e. The molecule has 2 N–H and O–H groups in total. The van der Waals surface area contributed by atoms with Crippen LogP contribution in [0.25, 0.3) is 10.9 Å². The number of methoxy groups -OCH3 is 1. The summed E-state index contributed by atoms with van der Waals surface area (Å²) >= 11 is 1.57. The van der Waals surface area contributed by atoms with Crippen molar-refractivity contribution in [2.24, 2.45) is 5.73 Å². The summed E-state index contributed by atoms with van der Waals surface area (Å²) in [6.45, 7) is 0. The maximum Gasteiger partial charge on any atom is 0.324 e. The van der Waals surface area contributed by atoms with Gasteiger partial charge in [-0.05, 0) is 42.5 Å². The topological polar surface area (TPSA) is 81.3 Å². The fourth-order valence-electron chi connectivity index (χ4n) is 3.01. The van der Waals surface area contributed by atoms with E-state index in [1.165, 1.54) is 12.0 Å². The van der Waals surface area contributed by atoms with E-state index in [9.17, 15) is 4.79 Å². The molecule has 0 fully saturated rings. The standard InChI is InChI=1S/C22H18N4O2S/c1-28-21-20(13-15-5-2-3-8-19(15)25-21)26(22(23)27)16-6-4-7-18(14-16)29-17-9-11-24-12-10-17/h2-14H,1H3,(H2,23,27). The number of hydrogen-bond acceptors (Lipinski definition) is 5. The average Bonchev–Trinajstić information content (AvgIpc) is 2.74. The van der Waals surface area contributed by atoms with E-state index in [0.717, 1.165) is 20.7 Å². The van der Waals surface area contributed by atoms with E-state index in [2.05, 4.69) is 9.97 Å². The number of anilines is 2. The first-order chi connectivity index (χ1) is 14.2. The highest BCUT2D eigenvalue weighted by molar-refractivity contribution is 7.99. The lowest BCUT2D eigenvalue weighted by Crippen LogP contribution is -2.32. The number of hydrogen-bond donors (Lipinski definition) is 1. The monoisotopic (exact) mass is 402 g/mol. The zero-order valence-electron chi connectivity index (χ0n) is 15.6. The molecule has 0 unspecified atom stereocenters. The van der Waals surface area contributed by atoms with Gasteiger partial charge >= 0.3 is 6.03 Å². The lowest BCUT2D eigenvalue weighted by molar-refractivity contribution is 0.256. The van der Waals surface area contributed by atoms with Crippen molar-refractivity contribution < 1.29 is 9.53 Å². The van der Waals surface area contributed by atoms with Crippen molar-refractivity contribution in [3.63, 3.8) is 0 Å². The fraction of sp³-hybridized carbons (Fsp3) is 0.0455. The SMILES string of the molecule is COc1nc2ccccc2cc1N(C(N)=O)c1cccc(Sc2ccncc2)c1. The van der Waals surface area contributed by atoms with E-state index in [1.807, 2.05) is 66.7 Å². The summed E-state index contributed by atoms with van der Waals surface area (Å²) in [5.41, 5.74) is 7.66. The number of rotatable bonds is 5. The van der Waals surface area contributed by atoms with Gasteiger partial charge in [0.05, 0.1) is 18.3 Å². The Hall–Kier alpha value is -3.58. The number of fused-ring (bicyclic) bond motifs is 1. The van der Waals surface area contributed by atoms with Crippen molar-refractivity contribution >= 4 is 40.1 Å².